The second-order valence-electron chi connectivity index (χ2n) is 5.35. The standard InChI is InChI=1S/C14H20FN3O/c1-9-3-4-11(5-12(9)15)17-14(19)8-18-6-10(2)13(16)7-18/h3-5,10,13H,6-8,16H2,1-2H3,(H,17,19). The minimum atomic E-state index is -0.311. The molecule has 2 unspecified atom stereocenters. The molecule has 19 heavy (non-hydrogen) atoms. The van der Waals surface area contributed by atoms with Gasteiger partial charge in [-0.15, -0.1) is 0 Å². The van der Waals surface area contributed by atoms with Gasteiger partial charge < -0.3 is 11.1 Å². The Bertz CT molecular complexity index is 468. The molecule has 0 aromatic heterocycles. The Labute approximate surface area is 112 Å². The van der Waals surface area contributed by atoms with E-state index in [1.54, 1.807) is 19.1 Å². The summed E-state index contributed by atoms with van der Waals surface area (Å²) >= 11 is 0. The zero-order valence-corrected chi connectivity index (χ0v) is 11.3. The lowest BCUT2D eigenvalue weighted by Crippen LogP contribution is -2.33. The molecule has 1 aromatic carbocycles. The maximum Gasteiger partial charge on any atom is 0.238 e. The van der Waals surface area contributed by atoms with Gasteiger partial charge in [-0.05, 0) is 30.5 Å². The van der Waals surface area contributed by atoms with Crippen LogP contribution >= 0.6 is 0 Å². The zero-order valence-electron chi connectivity index (χ0n) is 11.3. The molecule has 4 nitrogen and oxygen atoms in total. The number of halogens is 1. The third-order valence-electron chi connectivity index (χ3n) is 3.57. The van der Waals surface area contributed by atoms with Gasteiger partial charge in [-0.1, -0.05) is 13.0 Å². The van der Waals surface area contributed by atoms with Crippen LogP contribution in [0.2, 0.25) is 0 Å². The number of nitrogens with two attached hydrogens (primary N) is 1. The molecule has 0 bridgehead atoms. The van der Waals surface area contributed by atoms with E-state index in [9.17, 15) is 9.18 Å². The number of benzene rings is 1. The lowest BCUT2D eigenvalue weighted by Gasteiger charge is -2.15. The van der Waals surface area contributed by atoms with E-state index in [0.717, 1.165) is 13.1 Å². The van der Waals surface area contributed by atoms with Crippen LogP contribution in [0.3, 0.4) is 0 Å². The van der Waals surface area contributed by atoms with Crippen molar-refractivity contribution < 1.29 is 9.18 Å². The number of rotatable bonds is 3. The van der Waals surface area contributed by atoms with Gasteiger partial charge in [-0.2, -0.15) is 0 Å². The van der Waals surface area contributed by atoms with Gasteiger partial charge in [0.05, 0.1) is 6.54 Å². The number of likely N-dealkylation sites (tertiary alicyclic amines) is 1. The average Bonchev–Trinajstić information content (AvgIpc) is 2.63. The molecule has 3 N–H and O–H groups in total. The summed E-state index contributed by atoms with van der Waals surface area (Å²) in [6.07, 6.45) is 0. The van der Waals surface area contributed by atoms with Gasteiger partial charge >= 0.3 is 0 Å². The van der Waals surface area contributed by atoms with E-state index in [0.29, 0.717) is 23.7 Å². The minimum absolute atomic E-state index is 0.129. The molecule has 1 aliphatic rings. The fourth-order valence-corrected chi connectivity index (χ4v) is 2.30. The molecule has 1 amide bonds. The number of hydrogen-bond donors (Lipinski definition) is 2. The Kier molecular flexibility index (Phi) is 4.17. The highest BCUT2D eigenvalue weighted by atomic mass is 19.1. The number of aryl methyl sites for hydroxylation is 1. The summed E-state index contributed by atoms with van der Waals surface area (Å²) in [5, 5.41) is 2.71. The smallest absolute Gasteiger partial charge is 0.238 e. The molecule has 1 fully saturated rings. The van der Waals surface area contributed by atoms with E-state index >= 15 is 0 Å². The third kappa shape index (κ3) is 3.52. The molecule has 1 saturated heterocycles. The van der Waals surface area contributed by atoms with Crippen LogP contribution in [0.5, 0.6) is 0 Å². The van der Waals surface area contributed by atoms with E-state index < -0.39 is 0 Å². The Hall–Kier alpha value is -1.46. The average molecular weight is 265 g/mol. The maximum atomic E-state index is 13.4. The third-order valence-corrected chi connectivity index (χ3v) is 3.57. The molecule has 1 aliphatic heterocycles. The van der Waals surface area contributed by atoms with Crippen LogP contribution in [0.4, 0.5) is 10.1 Å². The van der Waals surface area contributed by atoms with Gasteiger partial charge in [0.2, 0.25) is 5.91 Å². The first kappa shape index (κ1) is 14.0. The number of carbonyl (C=O) groups is 1. The topological polar surface area (TPSA) is 58.4 Å². The van der Waals surface area contributed by atoms with Gasteiger partial charge in [-0.3, -0.25) is 9.69 Å². The van der Waals surface area contributed by atoms with Crippen molar-refractivity contribution in [1.29, 1.82) is 0 Å². The van der Waals surface area contributed by atoms with Gasteiger partial charge in [0.25, 0.3) is 0 Å². The van der Waals surface area contributed by atoms with Crippen molar-refractivity contribution in [2.24, 2.45) is 11.7 Å². The molecule has 2 atom stereocenters. The molecule has 5 heteroatoms. The summed E-state index contributed by atoms with van der Waals surface area (Å²) in [6, 6.07) is 4.82. The summed E-state index contributed by atoms with van der Waals surface area (Å²) in [5.41, 5.74) is 6.97. The molecule has 1 heterocycles. The number of nitrogens with zero attached hydrogens (tertiary/aromatic N) is 1. The first-order chi connectivity index (χ1) is 8.95. The molecule has 0 radical (unpaired) electrons. The number of anilines is 1. The second-order valence-corrected chi connectivity index (χ2v) is 5.35. The molecule has 104 valence electrons. The number of amides is 1. The first-order valence-electron chi connectivity index (χ1n) is 6.49. The monoisotopic (exact) mass is 265 g/mol. The van der Waals surface area contributed by atoms with Crippen LogP contribution in [0.1, 0.15) is 12.5 Å². The summed E-state index contributed by atoms with van der Waals surface area (Å²) in [4.78, 5) is 13.9. The fraction of sp³-hybridized carbons (Fsp3) is 0.500. The van der Waals surface area contributed by atoms with Gasteiger partial charge in [0.1, 0.15) is 5.82 Å². The molecule has 1 aromatic rings. The summed E-state index contributed by atoms with van der Waals surface area (Å²) < 4.78 is 13.4. The van der Waals surface area contributed by atoms with Crippen molar-refractivity contribution in [2.45, 2.75) is 19.9 Å². The maximum absolute atomic E-state index is 13.4. The van der Waals surface area contributed by atoms with E-state index in [2.05, 4.69) is 12.2 Å². The zero-order chi connectivity index (χ0) is 14.0. The first-order valence-corrected chi connectivity index (χ1v) is 6.49. The normalized spacial score (nSPS) is 23.6. The van der Waals surface area contributed by atoms with E-state index in [4.69, 9.17) is 5.73 Å². The van der Waals surface area contributed by atoms with Gasteiger partial charge in [-0.25, -0.2) is 4.39 Å². The van der Waals surface area contributed by atoms with Crippen LogP contribution in [-0.2, 0) is 4.79 Å². The second kappa shape index (κ2) is 5.67. The lowest BCUT2D eigenvalue weighted by molar-refractivity contribution is -0.117. The van der Waals surface area contributed by atoms with Crippen LogP contribution in [0.25, 0.3) is 0 Å². The minimum Gasteiger partial charge on any atom is -0.326 e. The largest absolute Gasteiger partial charge is 0.326 e. The number of carbonyl (C=O) groups excluding carboxylic acids is 1. The van der Waals surface area contributed by atoms with Crippen LogP contribution in [-0.4, -0.2) is 36.5 Å². The highest BCUT2D eigenvalue weighted by Gasteiger charge is 2.27. The quantitative estimate of drug-likeness (QED) is 0.867. The van der Waals surface area contributed by atoms with Crippen molar-refractivity contribution in [1.82, 2.24) is 4.90 Å². The van der Waals surface area contributed by atoms with Crippen molar-refractivity contribution >= 4 is 11.6 Å². The predicted octanol–water partition coefficient (Wildman–Crippen LogP) is 1.35. The van der Waals surface area contributed by atoms with Crippen molar-refractivity contribution in [2.75, 3.05) is 25.0 Å². The highest BCUT2D eigenvalue weighted by molar-refractivity contribution is 5.92. The van der Waals surface area contributed by atoms with Crippen molar-refractivity contribution in [3.05, 3.63) is 29.6 Å². The molecule has 2 rings (SSSR count). The van der Waals surface area contributed by atoms with Crippen LogP contribution in [0.15, 0.2) is 18.2 Å². The SMILES string of the molecule is Cc1ccc(NC(=O)CN2CC(C)C(N)C2)cc1F. The Morgan fingerprint density at radius 1 is 1.53 bits per heavy atom. The number of nitrogens with one attached hydrogen (secondary N) is 1. The van der Waals surface area contributed by atoms with Crippen LogP contribution < -0.4 is 11.1 Å². The Morgan fingerprint density at radius 3 is 2.84 bits per heavy atom. The summed E-state index contributed by atoms with van der Waals surface area (Å²) in [7, 11) is 0. The molecular formula is C14H20FN3O. The van der Waals surface area contributed by atoms with Crippen LogP contribution in [0, 0.1) is 18.7 Å². The Balaban J connectivity index is 1.89. The fourth-order valence-electron chi connectivity index (χ4n) is 2.30. The Morgan fingerprint density at radius 2 is 2.26 bits per heavy atom. The highest BCUT2D eigenvalue weighted by Crippen LogP contribution is 2.16. The van der Waals surface area contributed by atoms with Gasteiger partial charge in [0, 0.05) is 24.8 Å². The molecule has 0 spiro atoms. The summed E-state index contributed by atoms with van der Waals surface area (Å²) in [5.74, 6) is -0.0382. The lowest BCUT2D eigenvalue weighted by atomic mass is 10.1. The van der Waals surface area contributed by atoms with Gasteiger partial charge in [0.15, 0.2) is 0 Å². The molecule has 0 saturated carbocycles. The van der Waals surface area contributed by atoms with E-state index in [1.807, 2.05) is 4.90 Å². The number of hydrogen-bond acceptors (Lipinski definition) is 3. The van der Waals surface area contributed by atoms with Crippen molar-refractivity contribution in [3.8, 4) is 0 Å². The predicted molar refractivity (Wildman–Crippen MR) is 73.3 cm³/mol. The van der Waals surface area contributed by atoms with E-state index in [-0.39, 0.29) is 17.8 Å². The van der Waals surface area contributed by atoms with Crippen molar-refractivity contribution in [3.63, 3.8) is 0 Å². The molecule has 0 aliphatic carbocycles. The molecular weight excluding hydrogens is 245 g/mol. The van der Waals surface area contributed by atoms with E-state index in [1.165, 1.54) is 6.07 Å². The summed E-state index contributed by atoms with van der Waals surface area (Å²) in [6.45, 7) is 5.63.